The summed E-state index contributed by atoms with van der Waals surface area (Å²) in [7, 11) is 0. The van der Waals surface area contributed by atoms with E-state index in [0.29, 0.717) is 12.3 Å². The minimum atomic E-state index is 0.168. The Morgan fingerprint density at radius 1 is 1.50 bits per heavy atom. The molecule has 60 valence electrons. The molecule has 0 spiro atoms. The van der Waals surface area contributed by atoms with Crippen LogP contribution in [0.15, 0.2) is 35.7 Å². The lowest BCUT2D eigenvalue weighted by Crippen LogP contribution is -2.43. The zero-order valence-corrected chi connectivity index (χ0v) is 6.66. The highest BCUT2D eigenvalue weighted by Gasteiger charge is 2.35. The summed E-state index contributed by atoms with van der Waals surface area (Å²) >= 11 is 0. The van der Waals surface area contributed by atoms with Crippen molar-refractivity contribution in [3.05, 3.63) is 35.7 Å². The summed E-state index contributed by atoms with van der Waals surface area (Å²) in [4.78, 5) is 13.5. The van der Waals surface area contributed by atoms with Gasteiger partial charge in [-0.05, 0) is 18.2 Å². The van der Waals surface area contributed by atoms with E-state index in [-0.39, 0.29) is 5.92 Å². The number of nitrogens with zero attached hydrogens (tertiary/aromatic N) is 1. The van der Waals surface area contributed by atoms with E-state index < -0.39 is 0 Å². The number of hydrogen-bond acceptors (Lipinski definition) is 2. The lowest BCUT2D eigenvalue weighted by atomic mass is 9.85. The first kappa shape index (κ1) is 6.23. The highest BCUT2D eigenvalue weighted by molar-refractivity contribution is 5.88. The maximum absolute atomic E-state index is 11.3. The van der Waals surface area contributed by atoms with Gasteiger partial charge >= 0.3 is 0 Å². The summed E-state index contributed by atoms with van der Waals surface area (Å²) in [6.07, 6.45) is 9.23. The highest BCUT2D eigenvalue weighted by Crippen LogP contribution is 2.36. The van der Waals surface area contributed by atoms with Gasteiger partial charge in [-0.2, -0.15) is 0 Å². The van der Waals surface area contributed by atoms with E-state index in [1.807, 2.05) is 0 Å². The van der Waals surface area contributed by atoms with Crippen molar-refractivity contribution < 1.29 is 4.79 Å². The van der Waals surface area contributed by atoms with Crippen LogP contribution in [-0.4, -0.2) is 17.2 Å². The summed E-state index contributed by atoms with van der Waals surface area (Å²) < 4.78 is 0. The molecular formula is C10H9NO. The molecule has 0 aromatic rings. The Hall–Kier alpha value is -1.31. The minimum Gasteiger partial charge on any atom is -0.338 e. The Balaban J connectivity index is 2.19. The number of ketones is 1. The van der Waals surface area contributed by atoms with Crippen molar-refractivity contribution in [3.63, 3.8) is 0 Å². The molecule has 0 amide bonds. The predicted octanol–water partition coefficient (Wildman–Crippen LogP) is 1.23. The largest absolute Gasteiger partial charge is 0.338 e. The van der Waals surface area contributed by atoms with Crippen LogP contribution in [0.3, 0.4) is 0 Å². The number of rotatable bonds is 0. The van der Waals surface area contributed by atoms with Crippen molar-refractivity contribution in [3.8, 4) is 0 Å². The average molecular weight is 159 g/mol. The molecule has 2 heteroatoms. The van der Waals surface area contributed by atoms with Crippen LogP contribution in [0.5, 0.6) is 0 Å². The van der Waals surface area contributed by atoms with Crippen molar-refractivity contribution >= 4 is 5.78 Å². The topological polar surface area (TPSA) is 20.3 Å². The van der Waals surface area contributed by atoms with Gasteiger partial charge in [-0.25, -0.2) is 0 Å². The van der Waals surface area contributed by atoms with Gasteiger partial charge in [0.2, 0.25) is 0 Å². The Morgan fingerprint density at radius 2 is 2.42 bits per heavy atom. The highest BCUT2D eigenvalue weighted by atomic mass is 16.1. The zero-order valence-electron chi connectivity index (χ0n) is 6.66. The second kappa shape index (κ2) is 1.89. The van der Waals surface area contributed by atoms with Gasteiger partial charge in [-0.15, -0.1) is 0 Å². The lowest BCUT2D eigenvalue weighted by Gasteiger charge is -2.41. The fourth-order valence-corrected chi connectivity index (χ4v) is 2.09. The van der Waals surface area contributed by atoms with E-state index in [4.69, 9.17) is 0 Å². The molecule has 4 aliphatic rings. The fourth-order valence-electron chi connectivity index (χ4n) is 2.09. The molecule has 12 heavy (non-hydrogen) atoms. The van der Waals surface area contributed by atoms with Crippen LogP contribution >= 0.6 is 0 Å². The van der Waals surface area contributed by atoms with Gasteiger partial charge in [-0.1, -0.05) is 6.08 Å². The molecule has 4 rings (SSSR count). The SMILES string of the molecule is O=C1CN2C3=CC1CC2=CC=C3. The number of fused-ring (bicyclic) bond motifs is 1. The van der Waals surface area contributed by atoms with Gasteiger partial charge in [0, 0.05) is 23.7 Å². The monoisotopic (exact) mass is 159 g/mol. The van der Waals surface area contributed by atoms with Crippen LogP contribution in [0, 0.1) is 5.92 Å². The van der Waals surface area contributed by atoms with E-state index in [1.54, 1.807) is 0 Å². The molecule has 0 aromatic carbocycles. The number of allylic oxidation sites excluding steroid dienone is 5. The van der Waals surface area contributed by atoms with E-state index >= 15 is 0 Å². The lowest BCUT2D eigenvalue weighted by molar-refractivity contribution is -0.124. The number of carbonyl (C=O) groups excluding carboxylic acids is 1. The van der Waals surface area contributed by atoms with Gasteiger partial charge < -0.3 is 4.90 Å². The molecule has 4 heterocycles. The molecule has 0 aliphatic carbocycles. The van der Waals surface area contributed by atoms with Crippen LogP contribution in [0.1, 0.15) is 6.42 Å². The quantitative estimate of drug-likeness (QED) is 0.529. The van der Waals surface area contributed by atoms with Crippen LogP contribution in [-0.2, 0) is 4.79 Å². The second-order valence-corrected chi connectivity index (χ2v) is 3.47. The fraction of sp³-hybridized carbons (Fsp3) is 0.300. The molecule has 4 bridgehead atoms. The summed E-state index contributed by atoms with van der Waals surface area (Å²) in [6.45, 7) is 0.590. The Morgan fingerprint density at radius 3 is 3.17 bits per heavy atom. The van der Waals surface area contributed by atoms with Crippen molar-refractivity contribution in [1.29, 1.82) is 0 Å². The standard InChI is InChI=1S/C10H9NO/c12-10-6-11-8-2-1-3-9(11)5-7(10)4-8/h1-4,7H,5-6H2. The van der Waals surface area contributed by atoms with Crippen LogP contribution in [0.2, 0.25) is 0 Å². The summed E-state index contributed by atoms with van der Waals surface area (Å²) in [5.74, 6) is 0.535. The van der Waals surface area contributed by atoms with Crippen molar-refractivity contribution in [1.82, 2.24) is 4.90 Å². The maximum atomic E-state index is 11.3. The molecule has 1 unspecified atom stereocenters. The van der Waals surface area contributed by atoms with E-state index in [2.05, 4.69) is 29.2 Å². The van der Waals surface area contributed by atoms with Crippen molar-refractivity contribution in [2.45, 2.75) is 6.42 Å². The molecule has 0 saturated carbocycles. The van der Waals surface area contributed by atoms with Crippen molar-refractivity contribution in [2.75, 3.05) is 6.54 Å². The third-order valence-electron chi connectivity index (χ3n) is 2.74. The third kappa shape index (κ3) is 0.624. The van der Waals surface area contributed by atoms with Crippen molar-refractivity contribution in [2.24, 2.45) is 5.92 Å². The first-order valence-electron chi connectivity index (χ1n) is 4.24. The van der Waals surface area contributed by atoms with Gasteiger partial charge in [-0.3, -0.25) is 4.79 Å². The van der Waals surface area contributed by atoms with Gasteiger partial charge in [0.1, 0.15) is 0 Å². The van der Waals surface area contributed by atoms with Crippen LogP contribution < -0.4 is 0 Å². The minimum absolute atomic E-state index is 0.168. The molecule has 0 N–H and O–H groups in total. The molecule has 0 aromatic heterocycles. The first-order valence-corrected chi connectivity index (χ1v) is 4.24. The third-order valence-corrected chi connectivity index (χ3v) is 2.74. The van der Waals surface area contributed by atoms with Crippen LogP contribution in [0.4, 0.5) is 0 Å². The second-order valence-electron chi connectivity index (χ2n) is 3.47. The van der Waals surface area contributed by atoms with E-state index in [0.717, 1.165) is 6.42 Å². The Bertz CT molecular complexity index is 349. The Labute approximate surface area is 70.9 Å². The average Bonchev–Trinajstić information content (AvgIpc) is 2.03. The van der Waals surface area contributed by atoms with E-state index in [9.17, 15) is 4.79 Å². The molecule has 4 aliphatic heterocycles. The summed E-state index contributed by atoms with van der Waals surface area (Å²) in [5.41, 5.74) is 2.52. The molecule has 1 saturated heterocycles. The Kier molecular flexibility index (Phi) is 0.980. The maximum Gasteiger partial charge on any atom is 0.159 e. The molecule has 0 radical (unpaired) electrons. The molecule has 1 fully saturated rings. The number of carbonyl (C=O) groups is 1. The normalized spacial score (nSPS) is 30.5. The van der Waals surface area contributed by atoms with Gasteiger partial charge in [0.05, 0.1) is 6.54 Å². The van der Waals surface area contributed by atoms with E-state index in [1.165, 1.54) is 11.4 Å². The first-order chi connectivity index (χ1) is 5.84. The number of Topliss-reactive ketones (excluding diaryl/α,β-unsaturated/α-hetero) is 1. The molecule has 1 atom stereocenters. The number of piperidine rings is 1. The zero-order chi connectivity index (χ0) is 8.13. The predicted molar refractivity (Wildman–Crippen MR) is 45.1 cm³/mol. The van der Waals surface area contributed by atoms with Gasteiger partial charge in [0.15, 0.2) is 5.78 Å². The summed E-state index contributed by atoms with van der Waals surface area (Å²) in [5, 5.41) is 0. The number of hydrogen-bond donors (Lipinski definition) is 0. The van der Waals surface area contributed by atoms with Crippen LogP contribution in [0.25, 0.3) is 0 Å². The summed E-state index contributed by atoms with van der Waals surface area (Å²) in [6, 6.07) is 0. The molecule has 2 nitrogen and oxygen atoms in total. The van der Waals surface area contributed by atoms with Gasteiger partial charge in [0.25, 0.3) is 0 Å². The smallest absolute Gasteiger partial charge is 0.159 e. The molecular weight excluding hydrogens is 150 g/mol.